The van der Waals surface area contributed by atoms with Gasteiger partial charge in [0.1, 0.15) is 5.75 Å². The minimum absolute atomic E-state index is 0.523. The minimum Gasteiger partial charge on any atom is -0.493 e. The van der Waals surface area contributed by atoms with Crippen LogP contribution in [0.2, 0.25) is 0 Å². The molecule has 1 aromatic carbocycles. The Balaban J connectivity index is 1.94. The fourth-order valence-corrected chi connectivity index (χ4v) is 2.55. The molecule has 0 fully saturated rings. The minimum atomic E-state index is 0.523. The van der Waals surface area contributed by atoms with Crippen molar-refractivity contribution in [3.63, 3.8) is 0 Å². The summed E-state index contributed by atoms with van der Waals surface area (Å²) in [4.78, 5) is 8.88. The van der Waals surface area contributed by atoms with Crippen LogP contribution in [0.5, 0.6) is 5.75 Å². The average Bonchev–Trinajstić information content (AvgIpc) is 3.09. The Kier molecular flexibility index (Phi) is 9.27. The Labute approximate surface area is 166 Å². The van der Waals surface area contributed by atoms with Crippen molar-refractivity contribution in [2.45, 2.75) is 40.2 Å². The van der Waals surface area contributed by atoms with Crippen LogP contribution in [-0.4, -0.2) is 49.5 Å². The Hall–Kier alpha value is -2.61. The van der Waals surface area contributed by atoms with Crippen LogP contribution in [-0.2, 0) is 17.7 Å². The lowest BCUT2D eigenvalue weighted by atomic mass is 10.1. The summed E-state index contributed by atoms with van der Waals surface area (Å²) in [5, 5.41) is 10.3. The van der Waals surface area contributed by atoms with E-state index < -0.39 is 0 Å². The summed E-state index contributed by atoms with van der Waals surface area (Å²) in [6, 6.07) is 6.19. The molecule has 0 unspecified atom stereocenters. The maximum absolute atomic E-state index is 5.94. The molecule has 0 radical (unpaired) electrons. The Morgan fingerprint density at radius 1 is 1.21 bits per heavy atom. The molecule has 0 aliphatic heterocycles. The highest BCUT2D eigenvalue weighted by molar-refractivity contribution is 5.79. The SMILES string of the molecule is CCNC(=NCc1ccc(C)cc1OCCCOC)NCCc1nc(C)no1. The molecular formula is C20H31N5O3. The van der Waals surface area contributed by atoms with Crippen molar-refractivity contribution < 1.29 is 14.0 Å². The monoisotopic (exact) mass is 389 g/mol. The third kappa shape index (κ3) is 7.56. The van der Waals surface area contributed by atoms with Gasteiger partial charge in [0, 0.05) is 45.2 Å². The van der Waals surface area contributed by atoms with Gasteiger partial charge < -0.3 is 24.6 Å². The lowest BCUT2D eigenvalue weighted by Gasteiger charge is -2.13. The highest BCUT2D eigenvalue weighted by Crippen LogP contribution is 2.21. The molecule has 0 aliphatic carbocycles. The van der Waals surface area contributed by atoms with Crippen LogP contribution in [0.1, 0.15) is 36.2 Å². The van der Waals surface area contributed by atoms with Crippen molar-refractivity contribution in [2.24, 2.45) is 4.99 Å². The van der Waals surface area contributed by atoms with Crippen molar-refractivity contribution in [3.8, 4) is 5.75 Å². The van der Waals surface area contributed by atoms with Gasteiger partial charge >= 0.3 is 0 Å². The van der Waals surface area contributed by atoms with Gasteiger partial charge in [0.2, 0.25) is 5.89 Å². The van der Waals surface area contributed by atoms with Crippen LogP contribution >= 0.6 is 0 Å². The first kappa shape index (κ1) is 21.7. The van der Waals surface area contributed by atoms with Crippen LogP contribution < -0.4 is 15.4 Å². The fraction of sp³-hybridized carbons (Fsp3) is 0.550. The first-order valence-electron chi connectivity index (χ1n) is 9.65. The highest BCUT2D eigenvalue weighted by atomic mass is 16.5. The summed E-state index contributed by atoms with van der Waals surface area (Å²) >= 11 is 0. The molecule has 0 bridgehead atoms. The molecule has 0 saturated carbocycles. The van der Waals surface area contributed by atoms with E-state index in [-0.39, 0.29) is 0 Å². The quantitative estimate of drug-likeness (QED) is 0.346. The van der Waals surface area contributed by atoms with Crippen molar-refractivity contribution in [2.75, 3.05) is 33.4 Å². The Morgan fingerprint density at radius 2 is 2.07 bits per heavy atom. The Morgan fingerprint density at radius 3 is 2.79 bits per heavy atom. The molecule has 0 atom stereocenters. The molecule has 0 saturated heterocycles. The molecule has 0 amide bonds. The molecule has 0 aliphatic rings. The number of benzene rings is 1. The number of rotatable bonds is 11. The zero-order valence-electron chi connectivity index (χ0n) is 17.2. The lowest BCUT2D eigenvalue weighted by molar-refractivity contribution is 0.172. The van der Waals surface area contributed by atoms with E-state index in [1.807, 2.05) is 13.8 Å². The number of aromatic nitrogens is 2. The topological polar surface area (TPSA) is 93.8 Å². The first-order chi connectivity index (χ1) is 13.6. The van der Waals surface area contributed by atoms with Crippen molar-refractivity contribution >= 4 is 5.96 Å². The average molecular weight is 390 g/mol. The van der Waals surface area contributed by atoms with E-state index in [2.05, 4.69) is 50.9 Å². The van der Waals surface area contributed by atoms with E-state index in [4.69, 9.17) is 14.0 Å². The Bertz CT molecular complexity index is 745. The van der Waals surface area contributed by atoms with Gasteiger partial charge in [-0.25, -0.2) is 4.99 Å². The van der Waals surface area contributed by atoms with E-state index in [1.165, 1.54) is 0 Å². The summed E-state index contributed by atoms with van der Waals surface area (Å²) in [5.74, 6) is 2.88. The predicted octanol–water partition coefficient (Wildman–Crippen LogP) is 2.40. The second-order valence-electron chi connectivity index (χ2n) is 6.41. The summed E-state index contributed by atoms with van der Waals surface area (Å²) in [7, 11) is 1.70. The molecule has 154 valence electrons. The molecular weight excluding hydrogens is 358 g/mol. The smallest absolute Gasteiger partial charge is 0.228 e. The third-order valence-electron chi connectivity index (χ3n) is 3.93. The number of nitrogens with one attached hydrogen (secondary N) is 2. The number of aryl methyl sites for hydroxylation is 2. The van der Waals surface area contributed by atoms with Gasteiger partial charge in [-0.05, 0) is 32.4 Å². The number of guanidine groups is 1. The molecule has 28 heavy (non-hydrogen) atoms. The zero-order valence-corrected chi connectivity index (χ0v) is 17.2. The lowest BCUT2D eigenvalue weighted by Crippen LogP contribution is -2.38. The maximum Gasteiger partial charge on any atom is 0.228 e. The molecule has 0 spiro atoms. The number of hydrogen-bond acceptors (Lipinski definition) is 6. The van der Waals surface area contributed by atoms with Crippen molar-refractivity contribution in [3.05, 3.63) is 41.0 Å². The second kappa shape index (κ2) is 12.0. The van der Waals surface area contributed by atoms with Crippen molar-refractivity contribution in [1.82, 2.24) is 20.8 Å². The van der Waals surface area contributed by atoms with Crippen molar-refractivity contribution in [1.29, 1.82) is 0 Å². The zero-order chi connectivity index (χ0) is 20.2. The van der Waals surface area contributed by atoms with Gasteiger partial charge in [0.25, 0.3) is 0 Å². The molecule has 8 nitrogen and oxygen atoms in total. The summed E-state index contributed by atoms with van der Waals surface area (Å²) in [6.07, 6.45) is 1.50. The molecule has 1 aromatic heterocycles. The van der Waals surface area contributed by atoms with Gasteiger partial charge in [-0.15, -0.1) is 0 Å². The number of ether oxygens (including phenoxy) is 2. The number of aliphatic imine (C=N–C) groups is 1. The molecule has 8 heteroatoms. The predicted molar refractivity (Wildman–Crippen MR) is 109 cm³/mol. The van der Waals surface area contributed by atoms with Gasteiger partial charge in [0.05, 0.1) is 13.2 Å². The summed E-state index contributed by atoms with van der Waals surface area (Å²) in [6.45, 7) is 9.16. The standard InChI is InChI=1S/C20H31N5O3/c1-5-21-20(22-10-9-19-24-16(3)25-28-19)23-14-17-8-7-15(2)13-18(17)27-12-6-11-26-4/h7-8,13H,5-6,9-12,14H2,1-4H3,(H2,21,22,23). The van der Waals surface area contributed by atoms with Gasteiger partial charge in [-0.3, -0.25) is 0 Å². The molecule has 2 rings (SSSR count). The number of nitrogens with zero attached hydrogens (tertiary/aromatic N) is 3. The maximum atomic E-state index is 5.94. The van der Waals surface area contributed by atoms with E-state index >= 15 is 0 Å². The molecule has 2 aromatic rings. The first-order valence-corrected chi connectivity index (χ1v) is 9.65. The summed E-state index contributed by atoms with van der Waals surface area (Å²) < 4.78 is 16.1. The van der Waals surface area contributed by atoms with Crippen LogP contribution in [0, 0.1) is 13.8 Å². The van der Waals surface area contributed by atoms with E-state index in [0.29, 0.717) is 44.4 Å². The van der Waals surface area contributed by atoms with Gasteiger partial charge in [-0.1, -0.05) is 17.3 Å². The largest absolute Gasteiger partial charge is 0.493 e. The number of methoxy groups -OCH3 is 1. The van der Waals surface area contributed by atoms with Gasteiger partial charge in [0.15, 0.2) is 11.8 Å². The fourth-order valence-electron chi connectivity index (χ4n) is 2.55. The highest BCUT2D eigenvalue weighted by Gasteiger charge is 2.06. The molecule has 2 N–H and O–H groups in total. The van der Waals surface area contributed by atoms with E-state index in [9.17, 15) is 0 Å². The van der Waals surface area contributed by atoms with Crippen LogP contribution in [0.25, 0.3) is 0 Å². The van der Waals surface area contributed by atoms with E-state index in [1.54, 1.807) is 7.11 Å². The van der Waals surface area contributed by atoms with E-state index in [0.717, 1.165) is 35.8 Å². The van der Waals surface area contributed by atoms with Crippen LogP contribution in [0.3, 0.4) is 0 Å². The number of hydrogen-bond donors (Lipinski definition) is 2. The molecule has 1 heterocycles. The third-order valence-corrected chi connectivity index (χ3v) is 3.93. The van der Waals surface area contributed by atoms with Gasteiger partial charge in [-0.2, -0.15) is 4.98 Å². The second-order valence-corrected chi connectivity index (χ2v) is 6.41. The normalized spacial score (nSPS) is 11.5. The van der Waals surface area contributed by atoms with Crippen LogP contribution in [0.4, 0.5) is 0 Å². The summed E-state index contributed by atoms with van der Waals surface area (Å²) in [5.41, 5.74) is 2.21. The van der Waals surface area contributed by atoms with Crippen LogP contribution in [0.15, 0.2) is 27.7 Å².